The van der Waals surface area contributed by atoms with Gasteiger partial charge in [-0.1, -0.05) is 11.3 Å². The molecule has 1 N–H and O–H groups in total. The maximum Gasteiger partial charge on any atom is 0.102 e. The summed E-state index contributed by atoms with van der Waals surface area (Å²) in [5, 5.41) is 15.5. The van der Waals surface area contributed by atoms with E-state index in [9.17, 15) is 0 Å². The van der Waals surface area contributed by atoms with E-state index in [4.69, 9.17) is 0 Å². The van der Waals surface area contributed by atoms with Crippen LogP contribution in [0.15, 0.2) is 48.9 Å². The summed E-state index contributed by atoms with van der Waals surface area (Å²) in [7, 11) is 1.86. The Morgan fingerprint density at radius 1 is 1.26 bits per heavy atom. The normalized spacial score (nSPS) is 10.6. The molecule has 0 saturated carbocycles. The average Bonchev–Trinajstić information content (AvgIpc) is 3.08. The third-order valence-corrected chi connectivity index (χ3v) is 2.74. The van der Waals surface area contributed by atoms with Gasteiger partial charge in [0.1, 0.15) is 5.69 Å². The first-order chi connectivity index (χ1) is 9.31. The second kappa shape index (κ2) is 4.93. The van der Waals surface area contributed by atoms with E-state index in [0.29, 0.717) is 6.54 Å². The first-order valence-corrected chi connectivity index (χ1v) is 6.00. The van der Waals surface area contributed by atoms with Crippen LogP contribution in [-0.2, 0) is 13.6 Å². The molecule has 0 aliphatic heterocycles. The van der Waals surface area contributed by atoms with E-state index in [1.165, 1.54) is 0 Å². The molecule has 2 aromatic heterocycles. The van der Waals surface area contributed by atoms with Crippen LogP contribution >= 0.6 is 0 Å². The zero-order valence-electron chi connectivity index (χ0n) is 10.6. The fraction of sp³-hybridized carbons (Fsp3) is 0.154. The van der Waals surface area contributed by atoms with Gasteiger partial charge in [-0.15, -0.1) is 5.10 Å². The first kappa shape index (κ1) is 11.5. The van der Waals surface area contributed by atoms with Gasteiger partial charge in [0.05, 0.1) is 12.2 Å². The van der Waals surface area contributed by atoms with Gasteiger partial charge in [0.2, 0.25) is 0 Å². The molecule has 0 radical (unpaired) electrons. The van der Waals surface area contributed by atoms with Gasteiger partial charge < -0.3 is 5.32 Å². The molecule has 0 amide bonds. The van der Waals surface area contributed by atoms with E-state index in [0.717, 1.165) is 17.1 Å². The third-order valence-electron chi connectivity index (χ3n) is 2.74. The largest absolute Gasteiger partial charge is 0.379 e. The van der Waals surface area contributed by atoms with Gasteiger partial charge >= 0.3 is 0 Å². The third kappa shape index (κ3) is 2.62. The Bertz CT molecular complexity index is 655. The lowest BCUT2D eigenvalue weighted by atomic mass is 10.2. The van der Waals surface area contributed by atoms with Crippen LogP contribution < -0.4 is 5.32 Å². The number of hydrogen-bond donors (Lipinski definition) is 1. The molecule has 0 aliphatic carbocycles. The molecule has 0 atom stereocenters. The summed E-state index contributed by atoms with van der Waals surface area (Å²) < 4.78 is 3.52. The molecular weight excluding hydrogens is 240 g/mol. The topological polar surface area (TPSA) is 60.6 Å². The van der Waals surface area contributed by atoms with Crippen molar-refractivity contribution in [1.82, 2.24) is 24.8 Å². The Hall–Kier alpha value is -2.63. The number of nitrogens with one attached hydrogen (secondary N) is 1. The number of aromatic nitrogens is 5. The molecule has 3 aromatic rings. The highest BCUT2D eigenvalue weighted by atomic mass is 15.4. The van der Waals surface area contributed by atoms with Gasteiger partial charge in [-0.25, -0.2) is 4.68 Å². The van der Waals surface area contributed by atoms with Crippen molar-refractivity contribution in [3.05, 3.63) is 54.6 Å². The van der Waals surface area contributed by atoms with Crippen molar-refractivity contribution in [2.75, 3.05) is 5.32 Å². The summed E-state index contributed by atoms with van der Waals surface area (Å²) in [6.45, 7) is 0.649. The fourth-order valence-corrected chi connectivity index (χ4v) is 1.85. The minimum atomic E-state index is 0.649. The van der Waals surface area contributed by atoms with Crippen LogP contribution in [0.25, 0.3) is 5.69 Å². The predicted molar refractivity (Wildman–Crippen MR) is 71.9 cm³/mol. The maximum atomic E-state index is 4.21. The Labute approximate surface area is 110 Å². The van der Waals surface area contributed by atoms with Gasteiger partial charge in [0.15, 0.2) is 0 Å². The summed E-state index contributed by atoms with van der Waals surface area (Å²) in [6, 6.07) is 9.98. The number of benzene rings is 1. The number of hydrogen-bond acceptors (Lipinski definition) is 4. The summed E-state index contributed by atoms with van der Waals surface area (Å²) in [6.07, 6.45) is 5.58. The predicted octanol–water partition coefficient (Wildman–Crippen LogP) is 1.61. The first-order valence-electron chi connectivity index (χ1n) is 6.00. The van der Waals surface area contributed by atoms with E-state index in [1.54, 1.807) is 10.9 Å². The molecule has 6 heteroatoms. The van der Waals surface area contributed by atoms with Crippen molar-refractivity contribution in [2.45, 2.75) is 6.54 Å². The number of rotatable bonds is 4. The van der Waals surface area contributed by atoms with Gasteiger partial charge in [0.25, 0.3) is 0 Å². The standard InChI is InChI=1S/C13H14N6/c1-18-10-12(16-17-18)9-14-11-4-2-5-13(8-11)19-7-3-6-15-19/h2-8,10,14H,9H2,1H3. The van der Waals surface area contributed by atoms with E-state index < -0.39 is 0 Å². The fourth-order valence-electron chi connectivity index (χ4n) is 1.85. The van der Waals surface area contributed by atoms with Gasteiger partial charge in [-0.05, 0) is 24.3 Å². The monoisotopic (exact) mass is 254 g/mol. The summed E-state index contributed by atoms with van der Waals surface area (Å²) in [4.78, 5) is 0. The van der Waals surface area contributed by atoms with Crippen molar-refractivity contribution < 1.29 is 0 Å². The van der Waals surface area contributed by atoms with Crippen LogP contribution in [0.2, 0.25) is 0 Å². The van der Waals surface area contributed by atoms with Crippen LogP contribution in [0.1, 0.15) is 5.69 Å². The molecule has 0 spiro atoms. The lowest BCUT2D eigenvalue weighted by Crippen LogP contribution is -2.01. The quantitative estimate of drug-likeness (QED) is 0.768. The Kier molecular flexibility index (Phi) is 2.97. The maximum absolute atomic E-state index is 4.21. The summed E-state index contributed by atoms with van der Waals surface area (Å²) >= 11 is 0. The zero-order chi connectivity index (χ0) is 13.1. The highest BCUT2D eigenvalue weighted by molar-refractivity contribution is 5.50. The van der Waals surface area contributed by atoms with Crippen molar-refractivity contribution in [3.8, 4) is 5.69 Å². The molecule has 0 bridgehead atoms. The Morgan fingerprint density at radius 3 is 2.95 bits per heavy atom. The van der Waals surface area contributed by atoms with Gasteiger partial charge in [-0.2, -0.15) is 5.10 Å². The lowest BCUT2D eigenvalue weighted by molar-refractivity contribution is 0.713. The van der Waals surface area contributed by atoms with E-state index in [2.05, 4.69) is 20.7 Å². The van der Waals surface area contributed by atoms with Crippen LogP contribution in [0.3, 0.4) is 0 Å². The smallest absolute Gasteiger partial charge is 0.102 e. The van der Waals surface area contributed by atoms with Crippen molar-refractivity contribution in [2.24, 2.45) is 7.05 Å². The molecule has 1 aromatic carbocycles. The SMILES string of the molecule is Cn1cc(CNc2cccc(-n3cccn3)c2)nn1. The second-order valence-electron chi connectivity index (χ2n) is 4.24. The van der Waals surface area contributed by atoms with Gasteiger partial charge in [0, 0.05) is 31.3 Å². The molecule has 2 heterocycles. The zero-order valence-corrected chi connectivity index (χ0v) is 10.6. The van der Waals surface area contributed by atoms with Gasteiger partial charge in [-0.3, -0.25) is 4.68 Å². The van der Waals surface area contributed by atoms with E-state index in [1.807, 2.05) is 54.5 Å². The minimum absolute atomic E-state index is 0.649. The van der Waals surface area contributed by atoms with Crippen LogP contribution in [0.4, 0.5) is 5.69 Å². The molecule has 6 nitrogen and oxygen atoms in total. The van der Waals surface area contributed by atoms with E-state index >= 15 is 0 Å². The highest BCUT2D eigenvalue weighted by Gasteiger charge is 2.00. The van der Waals surface area contributed by atoms with Crippen LogP contribution in [-0.4, -0.2) is 24.8 Å². The molecule has 96 valence electrons. The molecular formula is C13H14N6. The van der Waals surface area contributed by atoms with Crippen molar-refractivity contribution >= 4 is 5.69 Å². The Morgan fingerprint density at radius 2 is 2.21 bits per heavy atom. The molecule has 0 aliphatic rings. The second-order valence-corrected chi connectivity index (χ2v) is 4.24. The molecule has 19 heavy (non-hydrogen) atoms. The molecule has 3 rings (SSSR count). The van der Waals surface area contributed by atoms with E-state index in [-0.39, 0.29) is 0 Å². The van der Waals surface area contributed by atoms with Crippen molar-refractivity contribution in [3.63, 3.8) is 0 Å². The van der Waals surface area contributed by atoms with Crippen LogP contribution in [0, 0.1) is 0 Å². The molecule has 0 saturated heterocycles. The number of anilines is 1. The number of aryl methyl sites for hydroxylation is 1. The summed E-state index contributed by atoms with van der Waals surface area (Å²) in [5.41, 5.74) is 2.96. The molecule has 0 unspecified atom stereocenters. The average molecular weight is 254 g/mol. The summed E-state index contributed by atoms with van der Waals surface area (Å²) in [5.74, 6) is 0. The Balaban J connectivity index is 1.73. The molecule has 0 fully saturated rings. The minimum Gasteiger partial charge on any atom is -0.379 e. The van der Waals surface area contributed by atoms with Crippen molar-refractivity contribution in [1.29, 1.82) is 0 Å². The lowest BCUT2D eigenvalue weighted by Gasteiger charge is -2.07. The number of nitrogens with zero attached hydrogens (tertiary/aromatic N) is 5. The van der Waals surface area contributed by atoms with Crippen LogP contribution in [0.5, 0.6) is 0 Å². The highest BCUT2D eigenvalue weighted by Crippen LogP contribution is 2.14.